The molecule has 1 atom stereocenters. The van der Waals surface area contributed by atoms with Crippen molar-refractivity contribution in [3.05, 3.63) is 0 Å². The summed E-state index contributed by atoms with van der Waals surface area (Å²) >= 11 is 0. The van der Waals surface area contributed by atoms with Gasteiger partial charge in [0.1, 0.15) is 0 Å². The van der Waals surface area contributed by atoms with Crippen LogP contribution in [-0.2, 0) is 4.79 Å². The third-order valence-electron chi connectivity index (χ3n) is 2.50. The molecule has 3 heteroatoms. The van der Waals surface area contributed by atoms with Gasteiger partial charge in [-0.3, -0.25) is 4.79 Å². The molecule has 1 aliphatic rings. The van der Waals surface area contributed by atoms with Crippen molar-refractivity contribution in [2.24, 2.45) is 5.92 Å². The molecule has 0 aliphatic heterocycles. The second-order valence-corrected chi connectivity index (χ2v) is 3.78. The van der Waals surface area contributed by atoms with E-state index in [1.54, 1.807) is 7.05 Å². The molecule has 0 aromatic heterocycles. The van der Waals surface area contributed by atoms with E-state index in [2.05, 4.69) is 17.6 Å². The summed E-state index contributed by atoms with van der Waals surface area (Å²) in [4.78, 5) is 11.1. The van der Waals surface area contributed by atoms with Gasteiger partial charge in [-0.15, -0.1) is 0 Å². The summed E-state index contributed by atoms with van der Waals surface area (Å²) in [7, 11) is 1.67. The second kappa shape index (κ2) is 3.90. The van der Waals surface area contributed by atoms with Gasteiger partial charge in [-0.05, 0) is 25.7 Å². The maximum atomic E-state index is 11.1. The van der Waals surface area contributed by atoms with E-state index in [1.165, 1.54) is 12.8 Å². The maximum absolute atomic E-state index is 11.1. The van der Waals surface area contributed by atoms with Crippen LogP contribution in [0, 0.1) is 5.92 Å². The van der Waals surface area contributed by atoms with Crippen molar-refractivity contribution >= 4 is 5.91 Å². The number of carbonyl (C=O) groups excluding carboxylic acids is 1. The van der Waals surface area contributed by atoms with Gasteiger partial charge < -0.3 is 10.6 Å². The Hall–Kier alpha value is -0.570. The van der Waals surface area contributed by atoms with Crippen LogP contribution in [0.15, 0.2) is 0 Å². The van der Waals surface area contributed by atoms with E-state index in [-0.39, 0.29) is 11.9 Å². The van der Waals surface area contributed by atoms with Crippen LogP contribution in [0.5, 0.6) is 0 Å². The number of hydrogen-bond acceptors (Lipinski definition) is 2. The molecule has 1 rings (SSSR count). The first-order valence-corrected chi connectivity index (χ1v) is 4.61. The summed E-state index contributed by atoms with van der Waals surface area (Å²) < 4.78 is 0. The number of hydrogen-bond donors (Lipinski definition) is 2. The first kappa shape index (κ1) is 9.52. The van der Waals surface area contributed by atoms with E-state index >= 15 is 0 Å². The minimum Gasteiger partial charge on any atom is -0.358 e. The van der Waals surface area contributed by atoms with Crippen LogP contribution in [0.1, 0.15) is 26.7 Å². The number of rotatable bonds is 3. The molecule has 70 valence electrons. The predicted octanol–water partition coefficient (Wildman–Crippen LogP) is 0.509. The lowest BCUT2D eigenvalue weighted by Crippen LogP contribution is -2.50. The molecular weight excluding hydrogens is 152 g/mol. The van der Waals surface area contributed by atoms with Gasteiger partial charge in [0.15, 0.2) is 0 Å². The van der Waals surface area contributed by atoms with Crippen LogP contribution in [0.4, 0.5) is 0 Å². The van der Waals surface area contributed by atoms with E-state index < -0.39 is 0 Å². The van der Waals surface area contributed by atoms with Crippen molar-refractivity contribution in [3.8, 4) is 0 Å². The third kappa shape index (κ3) is 2.21. The highest BCUT2D eigenvalue weighted by atomic mass is 16.2. The normalized spacial score (nSPS) is 30.6. The predicted molar refractivity (Wildman–Crippen MR) is 48.9 cm³/mol. The molecule has 0 bridgehead atoms. The maximum Gasteiger partial charge on any atom is 0.236 e. The number of carbonyl (C=O) groups is 1. The quantitative estimate of drug-likeness (QED) is 0.648. The lowest BCUT2D eigenvalue weighted by Gasteiger charge is -2.35. The van der Waals surface area contributed by atoms with Gasteiger partial charge in [0.2, 0.25) is 5.91 Å². The number of amides is 1. The van der Waals surface area contributed by atoms with Crippen molar-refractivity contribution in [2.45, 2.75) is 38.8 Å². The van der Waals surface area contributed by atoms with Crippen molar-refractivity contribution in [3.63, 3.8) is 0 Å². The Morgan fingerprint density at radius 2 is 2.08 bits per heavy atom. The molecule has 1 aliphatic carbocycles. The van der Waals surface area contributed by atoms with Gasteiger partial charge >= 0.3 is 0 Å². The summed E-state index contributed by atoms with van der Waals surface area (Å²) in [6.45, 7) is 4.14. The van der Waals surface area contributed by atoms with E-state index in [0.717, 1.165) is 5.92 Å². The summed E-state index contributed by atoms with van der Waals surface area (Å²) in [5.41, 5.74) is 0. The van der Waals surface area contributed by atoms with E-state index in [9.17, 15) is 4.79 Å². The highest BCUT2D eigenvalue weighted by Gasteiger charge is 2.27. The SMILES string of the molecule is CNC(=O)C(C)NC1CC(C)C1. The van der Waals surface area contributed by atoms with Crippen molar-refractivity contribution in [1.82, 2.24) is 10.6 Å². The second-order valence-electron chi connectivity index (χ2n) is 3.78. The number of likely N-dealkylation sites (N-methyl/N-ethyl adjacent to an activating group) is 1. The van der Waals surface area contributed by atoms with Crippen LogP contribution in [0.2, 0.25) is 0 Å². The smallest absolute Gasteiger partial charge is 0.236 e. The van der Waals surface area contributed by atoms with Crippen LogP contribution < -0.4 is 10.6 Å². The highest BCUT2D eigenvalue weighted by molar-refractivity contribution is 5.80. The molecule has 2 N–H and O–H groups in total. The van der Waals surface area contributed by atoms with Crippen LogP contribution in [-0.4, -0.2) is 25.0 Å². The third-order valence-corrected chi connectivity index (χ3v) is 2.50. The van der Waals surface area contributed by atoms with Gasteiger partial charge in [0, 0.05) is 13.1 Å². The standard InChI is InChI=1S/C9H18N2O/c1-6-4-8(5-6)11-7(2)9(12)10-3/h6-8,11H,4-5H2,1-3H3,(H,10,12). The minimum atomic E-state index is -0.0486. The molecule has 1 fully saturated rings. The van der Waals surface area contributed by atoms with Crippen molar-refractivity contribution in [1.29, 1.82) is 0 Å². The number of nitrogens with one attached hydrogen (secondary N) is 2. The Balaban J connectivity index is 2.18. The van der Waals surface area contributed by atoms with E-state index in [1.807, 2.05) is 6.92 Å². The van der Waals surface area contributed by atoms with Crippen LogP contribution in [0.25, 0.3) is 0 Å². The van der Waals surface area contributed by atoms with E-state index in [4.69, 9.17) is 0 Å². The Bertz CT molecular complexity index is 164. The molecule has 3 nitrogen and oxygen atoms in total. The minimum absolute atomic E-state index is 0.0486. The zero-order valence-corrected chi connectivity index (χ0v) is 8.05. The zero-order valence-electron chi connectivity index (χ0n) is 8.05. The summed E-state index contributed by atoms with van der Waals surface area (Å²) in [5, 5.41) is 5.91. The Morgan fingerprint density at radius 3 is 2.50 bits per heavy atom. The molecule has 1 amide bonds. The molecule has 1 saturated carbocycles. The topological polar surface area (TPSA) is 41.1 Å². The van der Waals surface area contributed by atoms with Gasteiger partial charge in [-0.25, -0.2) is 0 Å². The lowest BCUT2D eigenvalue weighted by molar-refractivity contribution is -0.122. The summed E-state index contributed by atoms with van der Waals surface area (Å²) in [5.74, 6) is 0.911. The molecule has 0 aromatic rings. The van der Waals surface area contributed by atoms with Crippen molar-refractivity contribution < 1.29 is 4.79 Å². The van der Waals surface area contributed by atoms with Crippen LogP contribution in [0.3, 0.4) is 0 Å². The molecule has 1 unspecified atom stereocenters. The first-order valence-electron chi connectivity index (χ1n) is 4.61. The highest BCUT2D eigenvalue weighted by Crippen LogP contribution is 2.26. The average Bonchev–Trinajstić information content (AvgIpc) is 2.00. The lowest BCUT2D eigenvalue weighted by atomic mass is 9.81. The van der Waals surface area contributed by atoms with Gasteiger partial charge in [0.05, 0.1) is 6.04 Å². The average molecular weight is 170 g/mol. The fourth-order valence-electron chi connectivity index (χ4n) is 1.68. The molecular formula is C9H18N2O. The monoisotopic (exact) mass is 170 g/mol. The fourth-order valence-corrected chi connectivity index (χ4v) is 1.68. The molecule has 0 saturated heterocycles. The molecule has 0 spiro atoms. The van der Waals surface area contributed by atoms with Gasteiger partial charge in [-0.1, -0.05) is 6.92 Å². The molecule has 0 aromatic carbocycles. The molecule has 0 heterocycles. The zero-order chi connectivity index (χ0) is 9.14. The Labute approximate surface area is 73.9 Å². The molecule has 12 heavy (non-hydrogen) atoms. The van der Waals surface area contributed by atoms with Crippen LogP contribution >= 0.6 is 0 Å². The Kier molecular flexibility index (Phi) is 3.09. The Morgan fingerprint density at radius 1 is 1.50 bits per heavy atom. The fraction of sp³-hybridized carbons (Fsp3) is 0.889. The summed E-state index contributed by atoms with van der Waals surface area (Å²) in [6.07, 6.45) is 2.42. The van der Waals surface area contributed by atoms with E-state index in [0.29, 0.717) is 6.04 Å². The van der Waals surface area contributed by atoms with Crippen molar-refractivity contribution in [2.75, 3.05) is 7.05 Å². The largest absolute Gasteiger partial charge is 0.358 e. The first-order chi connectivity index (χ1) is 5.63. The van der Waals surface area contributed by atoms with Gasteiger partial charge in [-0.2, -0.15) is 0 Å². The molecule has 0 radical (unpaired) electrons. The van der Waals surface area contributed by atoms with Gasteiger partial charge in [0.25, 0.3) is 0 Å². The summed E-state index contributed by atoms with van der Waals surface area (Å²) in [6, 6.07) is 0.514.